The summed E-state index contributed by atoms with van der Waals surface area (Å²) in [5.74, 6) is -3.40. The summed E-state index contributed by atoms with van der Waals surface area (Å²) < 4.78 is 0. The molecule has 32 heavy (non-hydrogen) atoms. The lowest BCUT2D eigenvalue weighted by Crippen LogP contribution is -2.58. The highest BCUT2D eigenvalue weighted by molar-refractivity contribution is 7.80. The first-order valence-electron chi connectivity index (χ1n) is 10.0. The van der Waals surface area contributed by atoms with Gasteiger partial charge < -0.3 is 37.5 Å². The minimum Gasteiger partial charge on any atom is -0.480 e. The molecule has 0 aromatic carbocycles. The van der Waals surface area contributed by atoms with Crippen molar-refractivity contribution >= 4 is 48.9 Å². The summed E-state index contributed by atoms with van der Waals surface area (Å²) in [6, 6.07) is -4.24. The average Bonchev–Trinajstić information content (AvgIpc) is 3.27. The largest absolute Gasteiger partial charge is 0.480 e. The third-order valence-corrected chi connectivity index (χ3v) is 5.26. The first-order valence-corrected chi connectivity index (χ1v) is 11.3. The summed E-state index contributed by atoms with van der Waals surface area (Å²) in [5, 5.41) is 16.5. The number of unbranched alkanes of at least 4 members (excludes halogenated alkanes) is 1. The van der Waals surface area contributed by atoms with Crippen molar-refractivity contribution in [3.63, 3.8) is 0 Å². The summed E-state index contributed by atoms with van der Waals surface area (Å²) in [6.45, 7) is 0.488. The van der Waals surface area contributed by atoms with E-state index in [9.17, 15) is 19.2 Å². The van der Waals surface area contributed by atoms with Crippen LogP contribution in [0.15, 0.2) is 12.5 Å². The fourth-order valence-electron chi connectivity index (χ4n) is 2.67. The number of hydrogen-bond donors (Lipinski definition) is 9. The Morgan fingerprint density at radius 3 is 2.12 bits per heavy atom. The van der Waals surface area contributed by atoms with Crippen LogP contribution in [-0.4, -0.2) is 81.0 Å². The Kier molecular flexibility index (Phi) is 12.8. The number of carbonyl (C=O) groups is 4. The predicted octanol–water partition coefficient (Wildman–Crippen LogP) is -2.19. The van der Waals surface area contributed by atoms with Crippen molar-refractivity contribution in [2.75, 3.05) is 18.1 Å². The molecule has 0 fully saturated rings. The molecule has 1 rings (SSSR count). The van der Waals surface area contributed by atoms with Crippen LogP contribution in [-0.2, 0) is 25.6 Å². The summed E-state index contributed by atoms with van der Waals surface area (Å²) >= 11 is 7.95. The van der Waals surface area contributed by atoms with Crippen molar-refractivity contribution in [3.05, 3.63) is 18.2 Å². The molecule has 12 nitrogen and oxygen atoms in total. The minimum atomic E-state index is -1.26. The molecule has 9 N–H and O–H groups in total. The predicted molar refractivity (Wildman–Crippen MR) is 124 cm³/mol. The van der Waals surface area contributed by atoms with E-state index in [0.29, 0.717) is 25.1 Å². The summed E-state index contributed by atoms with van der Waals surface area (Å²) in [6.07, 6.45) is 4.80. The number of thiol groups is 2. The van der Waals surface area contributed by atoms with E-state index in [4.69, 9.17) is 16.6 Å². The smallest absolute Gasteiger partial charge is 0.327 e. The number of nitrogens with one attached hydrogen (secondary N) is 4. The summed E-state index contributed by atoms with van der Waals surface area (Å²) in [5.41, 5.74) is 11.9. The third kappa shape index (κ3) is 9.46. The van der Waals surface area contributed by atoms with Gasteiger partial charge in [-0.25, -0.2) is 9.78 Å². The minimum absolute atomic E-state index is 0.0718. The van der Waals surface area contributed by atoms with Gasteiger partial charge in [0.05, 0.1) is 12.4 Å². The first-order chi connectivity index (χ1) is 15.2. The fourth-order valence-corrected chi connectivity index (χ4v) is 3.17. The second-order valence-corrected chi connectivity index (χ2v) is 7.79. The topological polar surface area (TPSA) is 205 Å². The van der Waals surface area contributed by atoms with Gasteiger partial charge in [-0.15, -0.1) is 0 Å². The van der Waals surface area contributed by atoms with Crippen LogP contribution in [0.2, 0.25) is 0 Å². The molecular formula is C18H31N7O5S2. The lowest BCUT2D eigenvalue weighted by atomic mass is 10.1. The lowest BCUT2D eigenvalue weighted by Gasteiger charge is -2.24. The monoisotopic (exact) mass is 489 g/mol. The maximum atomic E-state index is 12.9. The van der Waals surface area contributed by atoms with Crippen LogP contribution in [0.5, 0.6) is 0 Å². The number of carbonyl (C=O) groups excluding carboxylic acids is 3. The Morgan fingerprint density at radius 2 is 1.59 bits per heavy atom. The zero-order valence-electron chi connectivity index (χ0n) is 17.5. The Bertz CT molecular complexity index is 750. The highest BCUT2D eigenvalue weighted by Gasteiger charge is 2.29. The summed E-state index contributed by atoms with van der Waals surface area (Å²) in [4.78, 5) is 55.6. The molecule has 1 heterocycles. The first kappa shape index (κ1) is 27.7. The van der Waals surface area contributed by atoms with Crippen molar-refractivity contribution in [1.29, 1.82) is 0 Å². The van der Waals surface area contributed by atoms with Crippen LogP contribution < -0.4 is 27.4 Å². The Hall–Kier alpha value is -2.29. The number of aliphatic carboxylic acids is 1. The van der Waals surface area contributed by atoms with Crippen molar-refractivity contribution < 1.29 is 24.3 Å². The van der Waals surface area contributed by atoms with E-state index < -0.39 is 47.9 Å². The lowest BCUT2D eigenvalue weighted by molar-refractivity contribution is -0.141. The number of hydrogen-bond acceptors (Lipinski definition) is 9. The van der Waals surface area contributed by atoms with E-state index in [1.165, 1.54) is 12.5 Å². The van der Waals surface area contributed by atoms with Gasteiger partial charge in [0.1, 0.15) is 18.1 Å². The molecule has 0 spiro atoms. The molecule has 0 saturated carbocycles. The molecule has 0 bridgehead atoms. The zero-order chi connectivity index (χ0) is 24.1. The van der Waals surface area contributed by atoms with Crippen molar-refractivity contribution in [2.24, 2.45) is 11.5 Å². The van der Waals surface area contributed by atoms with Gasteiger partial charge in [0.2, 0.25) is 17.7 Å². The molecule has 0 aliphatic rings. The Morgan fingerprint density at radius 1 is 1.00 bits per heavy atom. The quantitative estimate of drug-likeness (QED) is 0.0974. The van der Waals surface area contributed by atoms with E-state index in [2.05, 4.69) is 51.2 Å². The van der Waals surface area contributed by atoms with Gasteiger partial charge in [-0.3, -0.25) is 14.4 Å². The average molecular weight is 490 g/mol. The van der Waals surface area contributed by atoms with Gasteiger partial charge >= 0.3 is 5.97 Å². The molecular weight excluding hydrogens is 458 g/mol. The van der Waals surface area contributed by atoms with Crippen molar-refractivity contribution in [2.45, 2.75) is 49.9 Å². The number of carboxylic acid groups (broad SMARTS) is 1. The number of aromatic nitrogens is 2. The molecule has 0 saturated heterocycles. The van der Waals surface area contributed by atoms with Gasteiger partial charge in [0.25, 0.3) is 0 Å². The second kappa shape index (κ2) is 14.7. The van der Waals surface area contributed by atoms with E-state index in [0.717, 1.165) is 6.42 Å². The van der Waals surface area contributed by atoms with E-state index in [1.54, 1.807) is 0 Å². The van der Waals surface area contributed by atoms with Crippen LogP contribution >= 0.6 is 25.3 Å². The van der Waals surface area contributed by atoms with Gasteiger partial charge in [-0.2, -0.15) is 25.3 Å². The van der Waals surface area contributed by atoms with Gasteiger partial charge in [-0.05, 0) is 19.4 Å². The number of nitrogens with zero attached hydrogens (tertiary/aromatic N) is 1. The van der Waals surface area contributed by atoms with Gasteiger partial charge in [-0.1, -0.05) is 6.42 Å². The Balaban J connectivity index is 2.86. The van der Waals surface area contributed by atoms with Crippen LogP contribution in [0.25, 0.3) is 0 Å². The number of rotatable bonds is 15. The highest BCUT2D eigenvalue weighted by atomic mass is 32.1. The van der Waals surface area contributed by atoms with Crippen LogP contribution in [0.3, 0.4) is 0 Å². The zero-order valence-corrected chi connectivity index (χ0v) is 19.3. The van der Waals surface area contributed by atoms with Crippen LogP contribution in [0, 0.1) is 0 Å². The number of imidazole rings is 1. The summed E-state index contributed by atoms with van der Waals surface area (Å²) in [7, 11) is 0. The van der Waals surface area contributed by atoms with Crippen molar-refractivity contribution in [3.8, 4) is 0 Å². The van der Waals surface area contributed by atoms with Crippen LogP contribution in [0.4, 0.5) is 0 Å². The number of H-pyrrole nitrogens is 1. The standard InChI is InChI=1S/C18H31N7O5S2/c19-4-2-1-3-11(20)15(26)23-12(5-10-6-21-9-22-10)16(27)24-13(7-31)17(28)25-14(8-32)18(29)30/h6,9,11-14,31-32H,1-5,7-8,19-20H2,(H,21,22)(H,23,26)(H,24,27)(H,25,28)(H,29,30). The number of nitrogens with two attached hydrogens (primary N) is 2. The molecule has 180 valence electrons. The molecule has 1 aromatic rings. The SMILES string of the molecule is NCCCCC(N)C(=O)NC(Cc1cnc[nH]1)C(=O)NC(CS)C(=O)NC(CS)C(=O)O. The van der Waals surface area contributed by atoms with Gasteiger partial charge in [0.15, 0.2) is 0 Å². The molecule has 3 amide bonds. The molecule has 4 atom stereocenters. The van der Waals surface area contributed by atoms with Crippen LogP contribution in [0.1, 0.15) is 25.0 Å². The third-order valence-electron chi connectivity index (χ3n) is 4.53. The van der Waals surface area contributed by atoms with E-state index >= 15 is 0 Å². The number of amides is 3. The van der Waals surface area contributed by atoms with Crippen molar-refractivity contribution in [1.82, 2.24) is 25.9 Å². The highest BCUT2D eigenvalue weighted by Crippen LogP contribution is 2.04. The Labute approximate surface area is 196 Å². The molecule has 14 heteroatoms. The van der Waals surface area contributed by atoms with E-state index in [1.807, 2.05) is 0 Å². The van der Waals surface area contributed by atoms with Gasteiger partial charge in [0, 0.05) is 29.8 Å². The molecule has 1 aromatic heterocycles. The second-order valence-electron chi connectivity index (χ2n) is 7.06. The number of carboxylic acids is 1. The van der Waals surface area contributed by atoms with E-state index in [-0.39, 0.29) is 17.9 Å². The molecule has 0 aliphatic carbocycles. The number of aromatic amines is 1. The molecule has 0 aliphatic heterocycles. The maximum Gasteiger partial charge on any atom is 0.327 e. The fraction of sp³-hybridized carbons (Fsp3) is 0.611. The molecule has 0 radical (unpaired) electrons. The normalized spacial score (nSPS) is 14.6. The molecule has 4 unspecified atom stereocenters. The maximum absolute atomic E-state index is 12.9.